The summed E-state index contributed by atoms with van der Waals surface area (Å²) in [6, 6.07) is 6.08. The summed E-state index contributed by atoms with van der Waals surface area (Å²) < 4.78 is 11.0. The number of morpholine rings is 1. The van der Waals surface area contributed by atoms with Crippen molar-refractivity contribution in [1.82, 2.24) is 9.97 Å². The fraction of sp³-hybridized carbons (Fsp3) is 0.500. The van der Waals surface area contributed by atoms with Gasteiger partial charge in [0, 0.05) is 30.4 Å². The van der Waals surface area contributed by atoms with Crippen molar-refractivity contribution in [3.63, 3.8) is 0 Å². The third kappa shape index (κ3) is 4.10. The number of anilines is 4. The average molecular weight is 404 g/mol. The molecule has 1 aromatic heterocycles. The Balaban J connectivity index is 1.53. The molecule has 2 aromatic rings. The Hall–Kier alpha value is -2.25. The lowest BCUT2D eigenvalue weighted by atomic mass is 9.78. The summed E-state index contributed by atoms with van der Waals surface area (Å²) in [5, 5.41) is 7.23. The molecule has 2 aliphatic rings. The number of methoxy groups -OCH3 is 1. The van der Waals surface area contributed by atoms with Crippen LogP contribution in [0.4, 0.5) is 23.1 Å². The van der Waals surface area contributed by atoms with Crippen LogP contribution >= 0.6 is 11.6 Å². The van der Waals surface area contributed by atoms with Gasteiger partial charge in [0.1, 0.15) is 10.8 Å². The molecule has 4 rings (SSSR count). The minimum absolute atomic E-state index is 0.0623. The van der Waals surface area contributed by atoms with E-state index in [4.69, 9.17) is 21.1 Å². The number of nitrogens with one attached hydrogen (secondary N) is 2. The average Bonchev–Trinajstić information content (AvgIpc) is 2.70. The standard InChI is InChI=1S/C20H26ClN5O2/c1-20(6-3-7-20)25-18-15(21)13-22-19(24-18)23-16-5-4-14(12-17(16)27-2)26-8-10-28-11-9-26/h4-5,12-13H,3,6-11H2,1-2H3,(H2,22,23,24,25). The van der Waals surface area contributed by atoms with Crippen molar-refractivity contribution in [2.75, 3.05) is 48.9 Å². The highest BCUT2D eigenvalue weighted by atomic mass is 35.5. The van der Waals surface area contributed by atoms with Gasteiger partial charge in [0.15, 0.2) is 5.82 Å². The lowest BCUT2D eigenvalue weighted by Crippen LogP contribution is -2.42. The van der Waals surface area contributed by atoms with Crippen molar-refractivity contribution in [1.29, 1.82) is 0 Å². The molecule has 0 bridgehead atoms. The Morgan fingerprint density at radius 1 is 1.25 bits per heavy atom. The minimum atomic E-state index is 0.0623. The Kier molecular flexibility index (Phi) is 5.46. The van der Waals surface area contributed by atoms with Crippen molar-refractivity contribution in [3.05, 3.63) is 29.4 Å². The van der Waals surface area contributed by atoms with Gasteiger partial charge in [-0.1, -0.05) is 11.6 Å². The Bertz CT molecular complexity index is 837. The number of ether oxygens (including phenoxy) is 2. The summed E-state index contributed by atoms with van der Waals surface area (Å²) >= 11 is 6.30. The summed E-state index contributed by atoms with van der Waals surface area (Å²) in [5.41, 5.74) is 1.98. The molecule has 1 aliphatic heterocycles. The number of halogens is 1. The molecule has 0 atom stereocenters. The SMILES string of the molecule is COc1cc(N2CCOCC2)ccc1Nc1ncc(Cl)c(NC2(C)CCC2)n1. The van der Waals surface area contributed by atoms with Gasteiger partial charge in [-0.25, -0.2) is 4.98 Å². The molecule has 7 nitrogen and oxygen atoms in total. The van der Waals surface area contributed by atoms with Crippen LogP contribution in [0.25, 0.3) is 0 Å². The normalized spacial score (nSPS) is 18.3. The highest BCUT2D eigenvalue weighted by Gasteiger charge is 2.32. The van der Waals surface area contributed by atoms with E-state index >= 15 is 0 Å². The van der Waals surface area contributed by atoms with Crippen LogP contribution in [0.5, 0.6) is 5.75 Å². The molecule has 1 aliphatic carbocycles. The number of aromatic nitrogens is 2. The minimum Gasteiger partial charge on any atom is -0.494 e. The first-order chi connectivity index (χ1) is 13.6. The third-order valence-electron chi connectivity index (χ3n) is 5.43. The highest BCUT2D eigenvalue weighted by molar-refractivity contribution is 6.32. The van der Waals surface area contributed by atoms with E-state index in [-0.39, 0.29) is 5.54 Å². The molecule has 28 heavy (non-hydrogen) atoms. The van der Waals surface area contributed by atoms with Crippen LogP contribution in [0.2, 0.25) is 5.02 Å². The molecule has 0 amide bonds. The predicted molar refractivity (Wildman–Crippen MR) is 112 cm³/mol. The van der Waals surface area contributed by atoms with Crippen molar-refractivity contribution in [3.8, 4) is 5.75 Å². The van der Waals surface area contributed by atoms with Gasteiger partial charge in [0.2, 0.25) is 5.95 Å². The van der Waals surface area contributed by atoms with Gasteiger partial charge in [0.05, 0.1) is 32.2 Å². The van der Waals surface area contributed by atoms with Crippen molar-refractivity contribution in [2.45, 2.75) is 31.7 Å². The van der Waals surface area contributed by atoms with E-state index in [0.29, 0.717) is 16.8 Å². The zero-order valence-corrected chi connectivity index (χ0v) is 17.1. The first-order valence-electron chi connectivity index (χ1n) is 9.65. The van der Waals surface area contributed by atoms with E-state index in [9.17, 15) is 0 Å². The molecule has 2 N–H and O–H groups in total. The molecular weight excluding hydrogens is 378 g/mol. The number of hydrogen-bond donors (Lipinski definition) is 2. The van der Waals surface area contributed by atoms with E-state index in [2.05, 4.69) is 38.5 Å². The molecule has 1 saturated carbocycles. The van der Waals surface area contributed by atoms with Crippen LogP contribution in [0.1, 0.15) is 26.2 Å². The van der Waals surface area contributed by atoms with Gasteiger partial charge >= 0.3 is 0 Å². The first kappa shape index (κ1) is 19.1. The molecule has 1 saturated heterocycles. The number of rotatable bonds is 6. The van der Waals surface area contributed by atoms with Crippen LogP contribution in [-0.2, 0) is 4.74 Å². The van der Waals surface area contributed by atoms with E-state index in [1.54, 1.807) is 13.3 Å². The fourth-order valence-corrected chi connectivity index (χ4v) is 3.69. The Labute approximate surface area is 170 Å². The smallest absolute Gasteiger partial charge is 0.229 e. The second-order valence-electron chi connectivity index (χ2n) is 7.54. The second-order valence-corrected chi connectivity index (χ2v) is 7.95. The zero-order valence-electron chi connectivity index (χ0n) is 16.3. The topological polar surface area (TPSA) is 71.5 Å². The number of hydrogen-bond acceptors (Lipinski definition) is 7. The Morgan fingerprint density at radius 3 is 2.71 bits per heavy atom. The molecule has 0 radical (unpaired) electrons. The van der Waals surface area contributed by atoms with Gasteiger partial charge in [-0.2, -0.15) is 4.98 Å². The number of nitrogens with zero attached hydrogens (tertiary/aromatic N) is 3. The van der Waals surface area contributed by atoms with E-state index in [1.165, 1.54) is 6.42 Å². The Morgan fingerprint density at radius 2 is 2.04 bits per heavy atom. The molecule has 2 heterocycles. The largest absolute Gasteiger partial charge is 0.494 e. The van der Waals surface area contributed by atoms with Crippen molar-refractivity contribution < 1.29 is 9.47 Å². The second kappa shape index (κ2) is 8.01. The van der Waals surface area contributed by atoms with Crippen LogP contribution in [0.15, 0.2) is 24.4 Å². The maximum Gasteiger partial charge on any atom is 0.229 e. The molecule has 150 valence electrons. The summed E-state index contributed by atoms with van der Waals surface area (Å²) in [6.45, 7) is 5.44. The zero-order chi connectivity index (χ0) is 19.6. The van der Waals surface area contributed by atoms with Crippen LogP contribution in [0, 0.1) is 0 Å². The van der Waals surface area contributed by atoms with Crippen LogP contribution in [-0.4, -0.2) is 48.9 Å². The van der Waals surface area contributed by atoms with Gasteiger partial charge in [-0.3, -0.25) is 0 Å². The van der Waals surface area contributed by atoms with Gasteiger partial charge in [0.25, 0.3) is 0 Å². The maximum absolute atomic E-state index is 6.30. The number of benzene rings is 1. The molecule has 1 aromatic carbocycles. The third-order valence-corrected chi connectivity index (χ3v) is 5.71. The van der Waals surface area contributed by atoms with E-state index in [0.717, 1.165) is 56.3 Å². The highest BCUT2D eigenvalue weighted by Crippen LogP contribution is 2.37. The molecule has 8 heteroatoms. The lowest BCUT2D eigenvalue weighted by molar-refractivity contribution is 0.122. The summed E-state index contributed by atoms with van der Waals surface area (Å²) in [6.07, 6.45) is 5.08. The van der Waals surface area contributed by atoms with Gasteiger partial charge in [-0.15, -0.1) is 0 Å². The summed E-state index contributed by atoms with van der Waals surface area (Å²) in [5.74, 6) is 1.88. The quantitative estimate of drug-likeness (QED) is 0.753. The molecule has 0 unspecified atom stereocenters. The predicted octanol–water partition coefficient (Wildman–Crippen LogP) is 4.07. The summed E-state index contributed by atoms with van der Waals surface area (Å²) in [7, 11) is 1.66. The maximum atomic E-state index is 6.30. The first-order valence-corrected chi connectivity index (χ1v) is 10.0. The van der Waals surface area contributed by atoms with E-state index < -0.39 is 0 Å². The van der Waals surface area contributed by atoms with Crippen molar-refractivity contribution >= 4 is 34.7 Å². The molecule has 2 fully saturated rings. The van der Waals surface area contributed by atoms with Crippen LogP contribution in [0.3, 0.4) is 0 Å². The molecular formula is C20H26ClN5O2. The monoisotopic (exact) mass is 403 g/mol. The lowest BCUT2D eigenvalue weighted by Gasteiger charge is -2.39. The van der Waals surface area contributed by atoms with Crippen LogP contribution < -0.4 is 20.3 Å². The fourth-order valence-electron chi connectivity index (χ4n) is 3.55. The van der Waals surface area contributed by atoms with Crippen molar-refractivity contribution in [2.24, 2.45) is 0 Å². The molecule has 0 spiro atoms. The van der Waals surface area contributed by atoms with Gasteiger partial charge in [-0.05, 0) is 38.3 Å². The van der Waals surface area contributed by atoms with E-state index in [1.807, 2.05) is 12.1 Å². The van der Waals surface area contributed by atoms with Gasteiger partial charge < -0.3 is 25.0 Å². The summed E-state index contributed by atoms with van der Waals surface area (Å²) in [4.78, 5) is 11.2.